The van der Waals surface area contributed by atoms with Gasteiger partial charge in [0.1, 0.15) is 0 Å². The van der Waals surface area contributed by atoms with Crippen LogP contribution in [0.25, 0.3) is 0 Å². The van der Waals surface area contributed by atoms with E-state index >= 15 is 0 Å². The smallest absolute Gasteiger partial charge is 0.161 e. The summed E-state index contributed by atoms with van der Waals surface area (Å²) in [5.74, 6) is 0.373. The van der Waals surface area contributed by atoms with Crippen molar-refractivity contribution < 1.29 is 8.42 Å². The van der Waals surface area contributed by atoms with Crippen molar-refractivity contribution in [3.05, 3.63) is 11.5 Å². The van der Waals surface area contributed by atoms with Crippen LogP contribution in [0.5, 0.6) is 0 Å². The molecule has 0 aliphatic carbocycles. The number of hydrogen-bond acceptors (Lipinski definition) is 2. The van der Waals surface area contributed by atoms with Crippen molar-refractivity contribution in [3.8, 4) is 0 Å². The lowest BCUT2D eigenvalue weighted by atomic mass is 10.1. The van der Waals surface area contributed by atoms with Gasteiger partial charge in [-0.25, -0.2) is 8.42 Å². The first kappa shape index (κ1) is 8.69. The van der Waals surface area contributed by atoms with Crippen molar-refractivity contribution in [2.24, 2.45) is 5.92 Å². The lowest BCUT2D eigenvalue weighted by Gasteiger charge is -1.95. The summed E-state index contributed by atoms with van der Waals surface area (Å²) in [4.78, 5) is 0. The molecule has 0 aliphatic heterocycles. The molecule has 0 aromatic rings. The van der Waals surface area contributed by atoms with E-state index in [1.54, 1.807) is 6.08 Å². The molecule has 0 heterocycles. The van der Waals surface area contributed by atoms with Crippen LogP contribution in [0.2, 0.25) is 0 Å². The minimum atomic E-state index is -2.32. The Labute approximate surface area is 57.5 Å². The molecule has 1 unspecified atom stereocenters. The fourth-order valence-corrected chi connectivity index (χ4v) is 0.788. The number of hydrogen-bond donors (Lipinski definition) is 1. The first-order chi connectivity index (χ1) is 4.16. The van der Waals surface area contributed by atoms with Gasteiger partial charge in [-0.05, 0) is 5.92 Å². The Kier molecular flexibility index (Phi) is 4.40. The van der Waals surface area contributed by atoms with Gasteiger partial charge in [0, 0.05) is 5.41 Å². The molecule has 0 aromatic carbocycles. The minimum Gasteiger partial charge on any atom is -0.227 e. The highest BCUT2D eigenvalue weighted by molar-refractivity contribution is 7.75. The van der Waals surface area contributed by atoms with Gasteiger partial charge in [0.2, 0.25) is 0 Å². The van der Waals surface area contributed by atoms with Crippen molar-refractivity contribution in [2.45, 2.75) is 20.3 Å². The van der Waals surface area contributed by atoms with Crippen LogP contribution in [-0.2, 0) is 10.7 Å². The van der Waals surface area contributed by atoms with Gasteiger partial charge in [0.05, 0.1) is 0 Å². The zero-order chi connectivity index (χ0) is 7.28. The van der Waals surface area contributed by atoms with Gasteiger partial charge >= 0.3 is 0 Å². The summed E-state index contributed by atoms with van der Waals surface area (Å²) < 4.78 is 19.9. The molecular weight excluding hydrogens is 136 g/mol. The molecule has 2 nitrogen and oxygen atoms in total. The summed E-state index contributed by atoms with van der Waals surface area (Å²) in [6.45, 7) is 4.00. The molecule has 0 fully saturated rings. The first-order valence-corrected chi connectivity index (χ1v) is 4.23. The lowest BCUT2D eigenvalue weighted by Crippen LogP contribution is -1.83. The molecular formula is C6H12O2S. The van der Waals surface area contributed by atoms with Gasteiger partial charge in [-0.3, -0.25) is 0 Å². The third-order valence-electron chi connectivity index (χ3n) is 1.18. The molecule has 0 bridgehead atoms. The first-order valence-electron chi connectivity index (χ1n) is 2.98. The molecule has 0 saturated heterocycles. The van der Waals surface area contributed by atoms with Crippen molar-refractivity contribution in [3.63, 3.8) is 0 Å². The summed E-state index contributed by atoms with van der Waals surface area (Å²) in [5, 5.41) is 1.23. The molecule has 0 spiro atoms. The predicted octanol–water partition coefficient (Wildman–Crippen LogP) is 1.16. The fraction of sp³-hybridized carbons (Fsp3) is 0.667. The normalized spacial score (nSPS) is 15.0. The maximum Gasteiger partial charge on any atom is 0.161 e. The Hall–Kier alpha value is -0.310. The van der Waals surface area contributed by atoms with E-state index in [1.807, 2.05) is 13.8 Å². The number of rotatable bonds is 3. The van der Waals surface area contributed by atoms with E-state index in [-0.39, 0.29) is 0 Å². The van der Waals surface area contributed by atoms with Crippen molar-refractivity contribution in [2.75, 3.05) is 0 Å². The maximum atomic E-state index is 9.97. The Morgan fingerprint density at radius 2 is 2.11 bits per heavy atom. The van der Waals surface area contributed by atoms with Crippen molar-refractivity contribution >= 4 is 10.7 Å². The average molecular weight is 148 g/mol. The molecule has 1 atom stereocenters. The molecule has 0 aromatic heterocycles. The second-order valence-corrected chi connectivity index (χ2v) is 2.88. The number of allylic oxidation sites excluding steroid dienone is 1. The van der Waals surface area contributed by atoms with Gasteiger partial charge in [-0.1, -0.05) is 26.3 Å². The summed E-state index contributed by atoms with van der Waals surface area (Å²) in [5.41, 5.74) is 0. The summed E-state index contributed by atoms with van der Waals surface area (Å²) in [6.07, 6.45) is 2.69. The topological polar surface area (TPSA) is 34.1 Å². The van der Waals surface area contributed by atoms with Crippen LogP contribution in [0, 0.1) is 5.92 Å². The van der Waals surface area contributed by atoms with E-state index in [4.69, 9.17) is 0 Å². The van der Waals surface area contributed by atoms with Crippen molar-refractivity contribution in [1.29, 1.82) is 0 Å². The van der Waals surface area contributed by atoms with Crippen molar-refractivity contribution in [1.82, 2.24) is 0 Å². The lowest BCUT2D eigenvalue weighted by molar-refractivity contribution is 0.621. The van der Waals surface area contributed by atoms with E-state index in [1.165, 1.54) is 5.41 Å². The maximum absolute atomic E-state index is 9.97. The molecule has 0 saturated carbocycles. The van der Waals surface area contributed by atoms with Crippen LogP contribution in [0.15, 0.2) is 11.5 Å². The van der Waals surface area contributed by atoms with E-state index in [2.05, 4.69) is 0 Å². The molecule has 0 amide bonds. The van der Waals surface area contributed by atoms with Gasteiger partial charge in [-0.2, -0.15) is 0 Å². The zero-order valence-corrected chi connectivity index (χ0v) is 6.60. The van der Waals surface area contributed by atoms with Crippen LogP contribution < -0.4 is 0 Å². The van der Waals surface area contributed by atoms with Gasteiger partial charge in [-0.15, -0.1) is 0 Å². The summed E-state index contributed by atoms with van der Waals surface area (Å²) in [7, 11) is -2.32. The average Bonchev–Trinajstić information content (AvgIpc) is 1.83. The highest BCUT2D eigenvalue weighted by Crippen LogP contribution is 2.00. The molecule has 0 radical (unpaired) electrons. The van der Waals surface area contributed by atoms with Gasteiger partial charge < -0.3 is 0 Å². The van der Waals surface area contributed by atoms with E-state index in [9.17, 15) is 8.42 Å². The van der Waals surface area contributed by atoms with Crippen LogP contribution in [0.4, 0.5) is 0 Å². The summed E-state index contributed by atoms with van der Waals surface area (Å²) >= 11 is 0. The van der Waals surface area contributed by atoms with Gasteiger partial charge in [0.25, 0.3) is 0 Å². The predicted molar refractivity (Wildman–Crippen MR) is 38.9 cm³/mol. The standard InChI is InChI=1S/C6H12O2S/c1-3-6(2)4-5-9(7)8/h4-6,9H,3H2,1-2H3. The second kappa shape index (κ2) is 4.56. The quantitative estimate of drug-likeness (QED) is 0.609. The largest absolute Gasteiger partial charge is 0.227 e. The van der Waals surface area contributed by atoms with Gasteiger partial charge in [0.15, 0.2) is 10.7 Å². The third-order valence-corrected chi connectivity index (χ3v) is 1.60. The fourth-order valence-electron chi connectivity index (χ4n) is 0.353. The van der Waals surface area contributed by atoms with E-state index in [0.717, 1.165) is 6.42 Å². The monoisotopic (exact) mass is 148 g/mol. The van der Waals surface area contributed by atoms with Crippen LogP contribution >= 0.6 is 0 Å². The van der Waals surface area contributed by atoms with Crippen LogP contribution in [0.3, 0.4) is 0 Å². The number of thiol groups is 1. The Morgan fingerprint density at radius 3 is 2.44 bits per heavy atom. The molecule has 0 aliphatic rings. The molecule has 0 N–H and O–H groups in total. The zero-order valence-electron chi connectivity index (χ0n) is 5.70. The molecule has 54 valence electrons. The molecule has 9 heavy (non-hydrogen) atoms. The molecule has 0 rings (SSSR count). The highest BCUT2D eigenvalue weighted by Gasteiger charge is 1.88. The minimum absolute atomic E-state index is 0.373. The third kappa shape index (κ3) is 5.56. The molecule has 3 heteroatoms. The Bertz CT molecular complexity index is 150. The van der Waals surface area contributed by atoms with Crippen LogP contribution in [0.1, 0.15) is 20.3 Å². The second-order valence-electron chi connectivity index (χ2n) is 2.01. The Balaban J connectivity index is 3.70. The SMILES string of the molecule is CCC(C)C=C[SH](=O)=O. The van der Waals surface area contributed by atoms with Crippen LogP contribution in [-0.4, -0.2) is 8.42 Å². The highest BCUT2D eigenvalue weighted by atomic mass is 32.2. The summed E-state index contributed by atoms with van der Waals surface area (Å²) in [6, 6.07) is 0. The van der Waals surface area contributed by atoms with E-state index < -0.39 is 10.7 Å². The Morgan fingerprint density at radius 1 is 1.56 bits per heavy atom. The van der Waals surface area contributed by atoms with E-state index in [0.29, 0.717) is 5.92 Å².